The molecule has 172 valence electrons. The van der Waals surface area contributed by atoms with E-state index in [0.29, 0.717) is 0 Å². The second kappa shape index (κ2) is 9.30. The van der Waals surface area contributed by atoms with Crippen molar-refractivity contribution in [3.05, 3.63) is 35.1 Å². The van der Waals surface area contributed by atoms with Crippen LogP contribution in [0.2, 0.25) is 0 Å². The Hall–Kier alpha value is -2.27. The number of hydrogen-bond donors (Lipinski definition) is 0. The highest BCUT2D eigenvalue weighted by Gasteiger charge is 2.27. The first kappa shape index (κ1) is 21.6. The van der Waals surface area contributed by atoms with E-state index in [1.54, 1.807) is 13.2 Å². The normalized spacial score (nSPS) is 21.1. The van der Waals surface area contributed by atoms with Gasteiger partial charge in [0, 0.05) is 67.3 Å². The molecule has 3 aliphatic rings. The molecule has 0 spiro atoms. The van der Waals surface area contributed by atoms with Crippen molar-refractivity contribution in [3.8, 4) is 5.75 Å². The maximum atomic E-state index is 13.1. The molecule has 0 radical (unpaired) electrons. The van der Waals surface area contributed by atoms with E-state index >= 15 is 0 Å². The van der Waals surface area contributed by atoms with Crippen molar-refractivity contribution in [3.63, 3.8) is 0 Å². The minimum atomic E-state index is 0.113. The van der Waals surface area contributed by atoms with Gasteiger partial charge < -0.3 is 14.1 Å². The number of ether oxygens (including phenoxy) is 1. The largest absolute Gasteiger partial charge is 0.496 e. The van der Waals surface area contributed by atoms with Gasteiger partial charge in [-0.2, -0.15) is 0 Å². The van der Waals surface area contributed by atoms with Gasteiger partial charge >= 0.3 is 0 Å². The molecule has 1 saturated heterocycles. The SMILES string of the molecule is COc1cc2oc3c(c2cc1/C(C)=C/C(=O)N1CCN(C2CCCCC2)CC1)CCCC3. The van der Waals surface area contributed by atoms with Gasteiger partial charge in [-0.05, 0) is 50.7 Å². The van der Waals surface area contributed by atoms with Gasteiger partial charge in [-0.3, -0.25) is 9.69 Å². The fourth-order valence-electron chi connectivity index (χ4n) is 5.87. The average molecular weight is 437 g/mol. The molecule has 1 aromatic heterocycles. The Morgan fingerprint density at radius 2 is 1.78 bits per heavy atom. The van der Waals surface area contributed by atoms with Crippen LogP contribution in [0.4, 0.5) is 0 Å². The number of fused-ring (bicyclic) bond motifs is 3. The Labute approximate surface area is 191 Å². The summed E-state index contributed by atoms with van der Waals surface area (Å²) in [6.07, 6.45) is 13.0. The maximum Gasteiger partial charge on any atom is 0.246 e. The van der Waals surface area contributed by atoms with Gasteiger partial charge in [0.2, 0.25) is 5.91 Å². The van der Waals surface area contributed by atoms with Crippen molar-refractivity contribution < 1.29 is 13.9 Å². The molecule has 0 atom stereocenters. The highest BCUT2D eigenvalue weighted by molar-refractivity contribution is 5.97. The van der Waals surface area contributed by atoms with Crippen LogP contribution >= 0.6 is 0 Å². The van der Waals surface area contributed by atoms with Crippen molar-refractivity contribution in [2.75, 3.05) is 33.3 Å². The van der Waals surface area contributed by atoms with Crippen molar-refractivity contribution in [2.24, 2.45) is 0 Å². The minimum absolute atomic E-state index is 0.113. The van der Waals surface area contributed by atoms with Crippen LogP contribution in [0.25, 0.3) is 16.5 Å². The van der Waals surface area contributed by atoms with Crippen molar-refractivity contribution in [1.29, 1.82) is 0 Å². The summed E-state index contributed by atoms with van der Waals surface area (Å²) in [5.74, 6) is 2.01. The van der Waals surface area contributed by atoms with Crippen LogP contribution in [0.5, 0.6) is 5.75 Å². The van der Waals surface area contributed by atoms with Crippen LogP contribution in [0.3, 0.4) is 0 Å². The second-order valence-electron chi connectivity index (χ2n) is 9.74. The summed E-state index contributed by atoms with van der Waals surface area (Å²) in [6, 6.07) is 4.89. The van der Waals surface area contributed by atoms with Gasteiger partial charge in [-0.1, -0.05) is 19.3 Å². The molecular weight excluding hydrogens is 400 g/mol. The number of rotatable bonds is 4. The van der Waals surface area contributed by atoms with Gasteiger partial charge in [0.25, 0.3) is 0 Å². The van der Waals surface area contributed by atoms with Crippen LogP contribution < -0.4 is 4.74 Å². The standard InChI is InChI=1S/C27H36N2O3/c1-19(16-27(30)29-14-12-28(13-15-29)20-8-4-3-5-9-20)22-17-23-21-10-6-7-11-24(21)32-26(23)18-25(22)31-2/h16-18,20H,3-15H2,1-2H3/b19-16+. The Morgan fingerprint density at radius 3 is 2.53 bits per heavy atom. The van der Waals surface area contributed by atoms with E-state index in [1.807, 2.05) is 17.9 Å². The molecule has 1 saturated carbocycles. The lowest BCUT2D eigenvalue weighted by Gasteiger charge is -2.40. The summed E-state index contributed by atoms with van der Waals surface area (Å²) < 4.78 is 11.8. The maximum absolute atomic E-state index is 13.1. The van der Waals surface area contributed by atoms with Gasteiger partial charge in [0.15, 0.2) is 0 Å². The van der Waals surface area contributed by atoms with Gasteiger partial charge in [-0.15, -0.1) is 0 Å². The molecule has 5 rings (SSSR count). The first-order valence-corrected chi connectivity index (χ1v) is 12.5. The Bertz CT molecular complexity index is 1010. The lowest BCUT2D eigenvalue weighted by atomic mass is 9.93. The molecule has 2 fully saturated rings. The van der Waals surface area contributed by atoms with E-state index in [1.165, 1.54) is 55.9 Å². The zero-order chi connectivity index (χ0) is 22.1. The van der Waals surface area contributed by atoms with Crippen molar-refractivity contribution in [1.82, 2.24) is 9.80 Å². The molecular formula is C27H36N2O3. The zero-order valence-corrected chi connectivity index (χ0v) is 19.6. The van der Waals surface area contributed by atoms with E-state index in [-0.39, 0.29) is 5.91 Å². The van der Waals surface area contributed by atoms with E-state index in [2.05, 4.69) is 11.0 Å². The monoisotopic (exact) mass is 436 g/mol. The third-order valence-corrected chi connectivity index (χ3v) is 7.76. The van der Waals surface area contributed by atoms with Gasteiger partial charge in [-0.25, -0.2) is 0 Å². The predicted molar refractivity (Wildman–Crippen MR) is 128 cm³/mol. The first-order chi connectivity index (χ1) is 15.6. The summed E-state index contributed by atoms with van der Waals surface area (Å²) in [5.41, 5.74) is 4.18. The number of hydrogen-bond acceptors (Lipinski definition) is 4. The molecule has 5 nitrogen and oxygen atoms in total. The summed E-state index contributed by atoms with van der Waals surface area (Å²) in [4.78, 5) is 17.7. The van der Waals surface area contributed by atoms with Crippen LogP contribution in [0.15, 0.2) is 22.6 Å². The number of carbonyl (C=O) groups excluding carboxylic acids is 1. The highest BCUT2D eigenvalue weighted by atomic mass is 16.5. The summed E-state index contributed by atoms with van der Waals surface area (Å²) in [5, 5.41) is 1.18. The molecule has 0 N–H and O–H groups in total. The third kappa shape index (κ3) is 4.19. The van der Waals surface area contributed by atoms with Crippen molar-refractivity contribution >= 4 is 22.4 Å². The fraction of sp³-hybridized carbons (Fsp3) is 0.593. The number of methoxy groups -OCH3 is 1. The Morgan fingerprint density at radius 1 is 1.03 bits per heavy atom. The molecule has 1 amide bonds. The van der Waals surface area contributed by atoms with Crippen LogP contribution in [-0.2, 0) is 17.6 Å². The van der Waals surface area contributed by atoms with E-state index in [9.17, 15) is 4.79 Å². The Balaban J connectivity index is 1.32. The summed E-state index contributed by atoms with van der Waals surface area (Å²) in [7, 11) is 1.69. The number of furan rings is 1. The highest BCUT2D eigenvalue weighted by Crippen LogP contribution is 2.38. The second-order valence-corrected chi connectivity index (χ2v) is 9.74. The lowest BCUT2D eigenvalue weighted by Crippen LogP contribution is -2.52. The number of piperazine rings is 1. The molecule has 32 heavy (non-hydrogen) atoms. The molecule has 0 bridgehead atoms. The summed E-state index contributed by atoms with van der Waals surface area (Å²) in [6.45, 7) is 5.67. The molecule has 5 heteroatoms. The average Bonchev–Trinajstić information content (AvgIpc) is 3.21. The first-order valence-electron chi connectivity index (χ1n) is 12.5. The minimum Gasteiger partial charge on any atom is -0.496 e. The molecule has 0 unspecified atom stereocenters. The van der Waals surface area contributed by atoms with Crippen LogP contribution in [0, 0.1) is 0 Å². The fourth-order valence-corrected chi connectivity index (χ4v) is 5.87. The van der Waals surface area contributed by atoms with Gasteiger partial charge in [0.1, 0.15) is 17.1 Å². The van der Waals surface area contributed by atoms with Gasteiger partial charge in [0.05, 0.1) is 7.11 Å². The number of allylic oxidation sites excluding steroid dienone is 1. The van der Waals surface area contributed by atoms with Crippen LogP contribution in [0.1, 0.15) is 68.8 Å². The zero-order valence-electron chi connectivity index (χ0n) is 19.6. The van der Waals surface area contributed by atoms with E-state index < -0.39 is 0 Å². The Kier molecular flexibility index (Phi) is 6.27. The topological polar surface area (TPSA) is 45.9 Å². The number of carbonyl (C=O) groups is 1. The molecule has 2 aliphatic carbocycles. The molecule has 1 aliphatic heterocycles. The number of aryl methyl sites for hydroxylation is 2. The van der Waals surface area contributed by atoms with Crippen molar-refractivity contribution in [2.45, 2.75) is 70.8 Å². The van der Waals surface area contributed by atoms with E-state index in [4.69, 9.17) is 9.15 Å². The smallest absolute Gasteiger partial charge is 0.246 e. The quantitative estimate of drug-likeness (QED) is 0.618. The number of benzene rings is 1. The summed E-state index contributed by atoms with van der Waals surface area (Å²) >= 11 is 0. The third-order valence-electron chi connectivity index (χ3n) is 7.76. The lowest BCUT2D eigenvalue weighted by molar-refractivity contribution is -0.128. The molecule has 1 aromatic carbocycles. The van der Waals surface area contributed by atoms with Crippen LogP contribution in [-0.4, -0.2) is 55.0 Å². The number of amides is 1. The molecule has 2 heterocycles. The number of nitrogens with zero attached hydrogens (tertiary/aromatic N) is 2. The predicted octanol–water partition coefficient (Wildman–Crippen LogP) is 5.20. The van der Waals surface area contributed by atoms with E-state index in [0.717, 1.165) is 73.3 Å². The molecule has 2 aromatic rings.